The first-order chi connectivity index (χ1) is 5.86. The van der Waals surface area contributed by atoms with Crippen LogP contribution in [-0.2, 0) is 9.53 Å². The number of fused-ring (bicyclic) bond motifs is 6. The summed E-state index contributed by atoms with van der Waals surface area (Å²) in [5, 5.41) is 0. The van der Waals surface area contributed by atoms with Gasteiger partial charge in [-0.3, -0.25) is 4.79 Å². The third-order valence-corrected chi connectivity index (χ3v) is 3.36. The molecule has 2 aliphatic heterocycles. The minimum Gasteiger partial charge on any atom is -0.365 e. The van der Waals surface area contributed by atoms with Gasteiger partial charge in [-0.2, -0.15) is 0 Å². The minimum atomic E-state index is 0.124. The van der Waals surface area contributed by atoms with Crippen molar-refractivity contribution in [3.63, 3.8) is 0 Å². The van der Waals surface area contributed by atoms with Crippen molar-refractivity contribution < 1.29 is 9.53 Å². The maximum Gasteiger partial charge on any atom is 0.144 e. The average Bonchev–Trinajstić information content (AvgIpc) is 2.47. The van der Waals surface area contributed by atoms with Gasteiger partial charge in [-0.25, -0.2) is 0 Å². The maximum atomic E-state index is 11.7. The molecule has 2 heterocycles. The van der Waals surface area contributed by atoms with E-state index < -0.39 is 0 Å². The molecule has 2 nitrogen and oxygen atoms in total. The Morgan fingerprint density at radius 3 is 2.33 bits per heavy atom. The van der Waals surface area contributed by atoms with Crippen LogP contribution in [0.15, 0.2) is 12.2 Å². The molecule has 3 aliphatic rings. The third-order valence-electron chi connectivity index (χ3n) is 3.36. The van der Waals surface area contributed by atoms with Gasteiger partial charge in [0.1, 0.15) is 5.78 Å². The Labute approximate surface area is 71.6 Å². The van der Waals surface area contributed by atoms with Crippen molar-refractivity contribution in [1.29, 1.82) is 0 Å². The highest BCUT2D eigenvalue weighted by atomic mass is 16.5. The van der Waals surface area contributed by atoms with E-state index in [-0.39, 0.29) is 24.0 Å². The van der Waals surface area contributed by atoms with Crippen LogP contribution in [0, 0.1) is 11.8 Å². The smallest absolute Gasteiger partial charge is 0.144 e. The van der Waals surface area contributed by atoms with Crippen LogP contribution in [0.25, 0.3) is 0 Å². The van der Waals surface area contributed by atoms with Gasteiger partial charge >= 0.3 is 0 Å². The molecular weight excluding hydrogens is 152 g/mol. The summed E-state index contributed by atoms with van der Waals surface area (Å²) >= 11 is 0. The van der Waals surface area contributed by atoms with Crippen LogP contribution >= 0.6 is 0 Å². The summed E-state index contributed by atoms with van der Waals surface area (Å²) in [5.41, 5.74) is 0. The number of ketones is 1. The molecule has 0 aromatic carbocycles. The Morgan fingerprint density at radius 1 is 1.17 bits per heavy atom. The molecule has 12 heavy (non-hydrogen) atoms. The Kier molecular flexibility index (Phi) is 1.25. The molecule has 2 fully saturated rings. The lowest BCUT2D eigenvalue weighted by Crippen LogP contribution is -2.46. The molecule has 3 rings (SSSR count). The van der Waals surface area contributed by atoms with Gasteiger partial charge in [-0.1, -0.05) is 18.6 Å². The fraction of sp³-hybridized carbons (Fsp3) is 0.700. The van der Waals surface area contributed by atoms with Gasteiger partial charge < -0.3 is 4.74 Å². The molecule has 4 atom stereocenters. The van der Waals surface area contributed by atoms with Gasteiger partial charge in [-0.05, 0) is 12.8 Å². The van der Waals surface area contributed by atoms with E-state index in [4.69, 9.17) is 4.74 Å². The highest BCUT2D eigenvalue weighted by molar-refractivity contribution is 5.87. The molecule has 0 radical (unpaired) electrons. The summed E-state index contributed by atoms with van der Waals surface area (Å²) in [5.74, 6) is 0.852. The van der Waals surface area contributed by atoms with Gasteiger partial charge in [0.2, 0.25) is 0 Å². The van der Waals surface area contributed by atoms with E-state index in [1.807, 2.05) is 0 Å². The highest BCUT2D eigenvalue weighted by Crippen LogP contribution is 2.41. The van der Waals surface area contributed by atoms with Gasteiger partial charge in [0.25, 0.3) is 0 Å². The molecule has 0 spiro atoms. The van der Waals surface area contributed by atoms with Crippen molar-refractivity contribution in [2.24, 2.45) is 11.8 Å². The number of hydrogen-bond acceptors (Lipinski definition) is 2. The summed E-state index contributed by atoms with van der Waals surface area (Å²) < 4.78 is 5.70. The minimum absolute atomic E-state index is 0.124. The second-order valence-electron chi connectivity index (χ2n) is 4.00. The zero-order chi connectivity index (χ0) is 8.13. The molecule has 0 amide bonds. The Balaban J connectivity index is 2.02. The monoisotopic (exact) mass is 164 g/mol. The first-order valence-electron chi connectivity index (χ1n) is 4.74. The second kappa shape index (κ2) is 2.19. The quantitative estimate of drug-likeness (QED) is 0.504. The van der Waals surface area contributed by atoms with Crippen molar-refractivity contribution in [3.05, 3.63) is 12.2 Å². The summed E-state index contributed by atoms with van der Waals surface area (Å²) in [6, 6.07) is 0. The molecule has 0 N–H and O–H groups in total. The molecule has 1 saturated carbocycles. The van der Waals surface area contributed by atoms with E-state index in [9.17, 15) is 4.79 Å². The van der Waals surface area contributed by atoms with E-state index >= 15 is 0 Å². The van der Waals surface area contributed by atoms with Gasteiger partial charge in [0.15, 0.2) is 0 Å². The zero-order valence-electron chi connectivity index (χ0n) is 6.90. The molecule has 64 valence electrons. The Morgan fingerprint density at radius 2 is 1.75 bits per heavy atom. The number of ether oxygens (including phenoxy) is 1. The zero-order valence-corrected chi connectivity index (χ0v) is 6.90. The number of carbonyl (C=O) groups is 1. The largest absolute Gasteiger partial charge is 0.365 e. The molecule has 0 aromatic rings. The topological polar surface area (TPSA) is 26.3 Å². The molecule has 0 aromatic heterocycles. The van der Waals surface area contributed by atoms with E-state index in [2.05, 4.69) is 12.2 Å². The molecule has 1 aliphatic carbocycles. The van der Waals surface area contributed by atoms with Crippen LogP contribution in [0.2, 0.25) is 0 Å². The van der Waals surface area contributed by atoms with E-state index in [1.165, 1.54) is 6.42 Å². The normalized spacial score (nSPS) is 49.8. The third kappa shape index (κ3) is 0.712. The summed E-state index contributed by atoms with van der Waals surface area (Å²) in [7, 11) is 0. The number of Topliss-reactive ketones (excluding diaryl/α,β-unsaturated/α-hetero) is 1. The van der Waals surface area contributed by atoms with Gasteiger partial charge in [0, 0.05) is 11.8 Å². The highest BCUT2D eigenvalue weighted by Gasteiger charge is 2.47. The number of hydrogen-bond donors (Lipinski definition) is 0. The van der Waals surface area contributed by atoms with Crippen LogP contribution < -0.4 is 0 Å². The SMILES string of the molecule is O=C1[C@H]2CCC[C@@H]1[C@@H]1C=C[C@H]2O1. The van der Waals surface area contributed by atoms with Crippen LogP contribution in [0.5, 0.6) is 0 Å². The van der Waals surface area contributed by atoms with E-state index in [0.717, 1.165) is 12.8 Å². The lowest BCUT2D eigenvalue weighted by Gasteiger charge is -2.38. The van der Waals surface area contributed by atoms with E-state index in [1.54, 1.807) is 0 Å². The first-order valence-corrected chi connectivity index (χ1v) is 4.74. The summed E-state index contributed by atoms with van der Waals surface area (Å²) in [4.78, 5) is 11.7. The van der Waals surface area contributed by atoms with Crippen molar-refractivity contribution in [3.8, 4) is 0 Å². The Bertz CT molecular complexity index is 235. The summed E-state index contributed by atoms with van der Waals surface area (Å²) in [6.45, 7) is 0. The molecule has 4 bridgehead atoms. The lowest BCUT2D eigenvalue weighted by molar-refractivity contribution is -0.150. The lowest BCUT2D eigenvalue weighted by atomic mass is 9.75. The molecule has 2 heteroatoms. The fourth-order valence-corrected chi connectivity index (χ4v) is 2.72. The van der Waals surface area contributed by atoms with Crippen molar-refractivity contribution in [1.82, 2.24) is 0 Å². The molecule has 0 unspecified atom stereocenters. The van der Waals surface area contributed by atoms with Crippen molar-refractivity contribution in [2.75, 3.05) is 0 Å². The van der Waals surface area contributed by atoms with Crippen LogP contribution in [0.3, 0.4) is 0 Å². The van der Waals surface area contributed by atoms with E-state index in [0.29, 0.717) is 5.78 Å². The van der Waals surface area contributed by atoms with Gasteiger partial charge in [-0.15, -0.1) is 0 Å². The maximum absolute atomic E-state index is 11.7. The van der Waals surface area contributed by atoms with Gasteiger partial charge in [0.05, 0.1) is 12.2 Å². The second-order valence-corrected chi connectivity index (χ2v) is 4.00. The number of carbonyl (C=O) groups excluding carboxylic acids is 1. The van der Waals surface area contributed by atoms with Crippen molar-refractivity contribution in [2.45, 2.75) is 31.5 Å². The fourth-order valence-electron chi connectivity index (χ4n) is 2.72. The van der Waals surface area contributed by atoms with Crippen LogP contribution in [0.4, 0.5) is 0 Å². The van der Waals surface area contributed by atoms with Crippen LogP contribution in [-0.4, -0.2) is 18.0 Å². The average molecular weight is 164 g/mol. The molecular formula is C10H12O2. The first kappa shape index (κ1) is 6.84. The van der Waals surface area contributed by atoms with Crippen molar-refractivity contribution >= 4 is 5.78 Å². The predicted molar refractivity (Wildman–Crippen MR) is 43.6 cm³/mol. The number of rotatable bonds is 0. The Hall–Kier alpha value is -0.630. The summed E-state index contributed by atoms with van der Waals surface area (Å²) in [6.07, 6.45) is 7.70. The van der Waals surface area contributed by atoms with Crippen LogP contribution in [0.1, 0.15) is 19.3 Å². The molecule has 1 saturated heterocycles. The standard InChI is InChI=1S/C10H12O2/c11-10-6-2-1-3-7(10)9-5-4-8(6)12-9/h4-9H,1-3H2/t6-,7+,8+,9-. The predicted octanol–water partition coefficient (Wildman–Crippen LogP) is 1.31.